The van der Waals surface area contributed by atoms with E-state index in [4.69, 9.17) is 0 Å². The van der Waals surface area contributed by atoms with E-state index < -0.39 is 0 Å². The van der Waals surface area contributed by atoms with Gasteiger partial charge in [-0.25, -0.2) is 0 Å². The van der Waals surface area contributed by atoms with Crippen molar-refractivity contribution in [3.63, 3.8) is 0 Å². The van der Waals surface area contributed by atoms with Crippen LogP contribution >= 0.6 is 0 Å². The minimum absolute atomic E-state index is 0.954. The Balaban J connectivity index is 1.76. The molecule has 0 aromatic carbocycles. The Morgan fingerprint density at radius 2 is 2.08 bits per heavy atom. The molecule has 2 fully saturated rings. The van der Waals surface area contributed by atoms with Crippen LogP contribution in [0, 0.1) is 5.92 Å². The molecule has 1 saturated heterocycles. The third-order valence-corrected chi connectivity index (χ3v) is 3.31. The van der Waals surface area contributed by atoms with Crippen LogP contribution in [-0.2, 0) is 0 Å². The Morgan fingerprint density at radius 3 is 2.75 bits per heavy atom. The molecule has 1 saturated carbocycles. The summed E-state index contributed by atoms with van der Waals surface area (Å²) in [6.45, 7) is 5.12. The Kier molecular flexibility index (Phi) is 2.69. The van der Waals surface area contributed by atoms with Gasteiger partial charge in [0.15, 0.2) is 0 Å². The molecule has 1 nitrogen and oxygen atoms in total. The van der Waals surface area contributed by atoms with Crippen molar-refractivity contribution in [2.45, 2.75) is 51.5 Å². The van der Waals surface area contributed by atoms with E-state index in [2.05, 4.69) is 11.8 Å². The molecule has 1 heteroatoms. The van der Waals surface area contributed by atoms with Gasteiger partial charge in [0.05, 0.1) is 0 Å². The summed E-state index contributed by atoms with van der Waals surface area (Å²) >= 11 is 0. The molecule has 0 unspecified atom stereocenters. The minimum atomic E-state index is 0.954. The average Bonchev–Trinajstić information content (AvgIpc) is 2.76. The van der Waals surface area contributed by atoms with Gasteiger partial charge in [-0.15, -0.1) is 0 Å². The van der Waals surface area contributed by atoms with Crippen molar-refractivity contribution in [3.05, 3.63) is 0 Å². The van der Waals surface area contributed by atoms with E-state index in [1.807, 2.05) is 0 Å². The lowest BCUT2D eigenvalue weighted by Crippen LogP contribution is -2.31. The quantitative estimate of drug-likeness (QED) is 0.622. The maximum atomic E-state index is 2.75. The summed E-state index contributed by atoms with van der Waals surface area (Å²) < 4.78 is 0. The summed E-state index contributed by atoms with van der Waals surface area (Å²) in [6, 6.07) is 0.954. The van der Waals surface area contributed by atoms with Gasteiger partial charge >= 0.3 is 0 Å². The summed E-state index contributed by atoms with van der Waals surface area (Å²) in [5, 5.41) is 0. The van der Waals surface area contributed by atoms with Gasteiger partial charge in [0.2, 0.25) is 0 Å². The van der Waals surface area contributed by atoms with Gasteiger partial charge in [0, 0.05) is 12.6 Å². The lowest BCUT2D eigenvalue weighted by molar-refractivity contribution is 0.232. The third-order valence-electron chi connectivity index (χ3n) is 3.31. The van der Waals surface area contributed by atoms with Crippen LogP contribution in [0.4, 0.5) is 0 Å². The monoisotopic (exact) mass is 167 g/mol. The topological polar surface area (TPSA) is 3.24 Å². The van der Waals surface area contributed by atoms with Gasteiger partial charge in [-0.2, -0.15) is 0 Å². The van der Waals surface area contributed by atoms with Crippen molar-refractivity contribution in [1.82, 2.24) is 4.90 Å². The van der Waals surface area contributed by atoms with Crippen molar-refractivity contribution >= 4 is 0 Å². The van der Waals surface area contributed by atoms with Crippen molar-refractivity contribution in [3.8, 4) is 0 Å². The van der Waals surface area contributed by atoms with Gasteiger partial charge in [-0.1, -0.05) is 13.3 Å². The second kappa shape index (κ2) is 3.78. The van der Waals surface area contributed by atoms with Crippen LogP contribution < -0.4 is 0 Å². The van der Waals surface area contributed by atoms with E-state index in [9.17, 15) is 0 Å². The highest BCUT2D eigenvalue weighted by atomic mass is 15.2. The average molecular weight is 167 g/mol. The first kappa shape index (κ1) is 8.55. The van der Waals surface area contributed by atoms with Crippen LogP contribution in [0.25, 0.3) is 0 Å². The summed E-state index contributed by atoms with van der Waals surface area (Å²) in [6.07, 6.45) is 8.75. The van der Waals surface area contributed by atoms with Gasteiger partial charge < -0.3 is 4.90 Å². The van der Waals surface area contributed by atoms with Crippen LogP contribution in [0.3, 0.4) is 0 Å². The van der Waals surface area contributed by atoms with Gasteiger partial charge in [0.25, 0.3) is 0 Å². The molecule has 1 atom stereocenters. The lowest BCUT2D eigenvalue weighted by atomic mass is 10.1. The molecule has 0 radical (unpaired) electrons. The molecule has 0 aromatic heterocycles. The van der Waals surface area contributed by atoms with Gasteiger partial charge in [-0.05, 0) is 44.6 Å². The normalized spacial score (nSPS) is 31.2. The van der Waals surface area contributed by atoms with Crippen LogP contribution in [0.2, 0.25) is 0 Å². The Morgan fingerprint density at radius 1 is 1.25 bits per heavy atom. The van der Waals surface area contributed by atoms with E-state index in [-0.39, 0.29) is 0 Å². The SMILES string of the molecule is CCC[C@@H]1CCCN1CC1CC1. The highest BCUT2D eigenvalue weighted by Crippen LogP contribution is 2.33. The molecule has 2 aliphatic rings. The number of hydrogen-bond donors (Lipinski definition) is 0. The summed E-state index contributed by atoms with van der Waals surface area (Å²) in [7, 11) is 0. The maximum absolute atomic E-state index is 2.75. The largest absolute Gasteiger partial charge is 0.300 e. The standard InChI is InChI=1S/C11H21N/c1-2-4-11-5-3-8-12(11)9-10-6-7-10/h10-11H,2-9H2,1H3/t11-/m1/s1. The van der Waals surface area contributed by atoms with Crippen molar-refractivity contribution in [2.24, 2.45) is 5.92 Å². The fourth-order valence-electron chi connectivity index (χ4n) is 2.43. The zero-order valence-corrected chi connectivity index (χ0v) is 8.26. The molecule has 1 aliphatic carbocycles. The molecule has 0 amide bonds. The highest BCUT2D eigenvalue weighted by Gasteiger charge is 2.30. The van der Waals surface area contributed by atoms with Gasteiger partial charge in [0.1, 0.15) is 0 Å². The predicted molar refractivity (Wildman–Crippen MR) is 52.2 cm³/mol. The zero-order chi connectivity index (χ0) is 8.39. The predicted octanol–water partition coefficient (Wildman–Crippen LogP) is 2.66. The van der Waals surface area contributed by atoms with E-state index in [1.165, 1.54) is 51.6 Å². The molecule has 1 heterocycles. The van der Waals surface area contributed by atoms with Crippen LogP contribution in [0.1, 0.15) is 45.4 Å². The molecule has 2 rings (SSSR count). The molecular formula is C11H21N. The molecule has 12 heavy (non-hydrogen) atoms. The first-order valence-electron chi connectivity index (χ1n) is 5.64. The lowest BCUT2D eigenvalue weighted by Gasteiger charge is -2.23. The second-order valence-electron chi connectivity index (χ2n) is 4.52. The molecule has 0 bridgehead atoms. The Labute approximate surface area is 76.1 Å². The van der Waals surface area contributed by atoms with Crippen LogP contribution in [0.5, 0.6) is 0 Å². The van der Waals surface area contributed by atoms with Crippen LogP contribution in [-0.4, -0.2) is 24.0 Å². The van der Waals surface area contributed by atoms with Crippen molar-refractivity contribution < 1.29 is 0 Å². The third kappa shape index (κ3) is 2.01. The second-order valence-corrected chi connectivity index (χ2v) is 4.52. The molecule has 70 valence electrons. The zero-order valence-electron chi connectivity index (χ0n) is 8.26. The molecule has 0 N–H and O–H groups in total. The van der Waals surface area contributed by atoms with Crippen LogP contribution in [0.15, 0.2) is 0 Å². The number of hydrogen-bond acceptors (Lipinski definition) is 1. The van der Waals surface area contributed by atoms with Gasteiger partial charge in [-0.3, -0.25) is 0 Å². The van der Waals surface area contributed by atoms with Crippen molar-refractivity contribution in [1.29, 1.82) is 0 Å². The first-order valence-corrected chi connectivity index (χ1v) is 5.64. The highest BCUT2D eigenvalue weighted by molar-refractivity contribution is 4.84. The summed E-state index contributed by atoms with van der Waals surface area (Å²) in [4.78, 5) is 2.75. The molecule has 0 aromatic rings. The molecule has 0 spiro atoms. The molecular weight excluding hydrogens is 146 g/mol. The smallest absolute Gasteiger partial charge is 0.00957 e. The minimum Gasteiger partial charge on any atom is -0.300 e. The Bertz CT molecular complexity index is 140. The summed E-state index contributed by atoms with van der Waals surface area (Å²) in [5.74, 6) is 1.09. The first-order chi connectivity index (χ1) is 5.90. The Hall–Kier alpha value is -0.0400. The number of nitrogens with zero attached hydrogens (tertiary/aromatic N) is 1. The fraction of sp³-hybridized carbons (Fsp3) is 1.00. The number of rotatable bonds is 4. The maximum Gasteiger partial charge on any atom is 0.00957 e. The molecule has 1 aliphatic heterocycles. The van der Waals surface area contributed by atoms with E-state index >= 15 is 0 Å². The number of likely N-dealkylation sites (tertiary alicyclic amines) is 1. The van der Waals surface area contributed by atoms with E-state index in [0.29, 0.717) is 0 Å². The van der Waals surface area contributed by atoms with E-state index in [1.54, 1.807) is 0 Å². The van der Waals surface area contributed by atoms with Crippen molar-refractivity contribution in [2.75, 3.05) is 13.1 Å². The fourth-order valence-corrected chi connectivity index (χ4v) is 2.43. The summed E-state index contributed by atoms with van der Waals surface area (Å²) in [5.41, 5.74) is 0. The van der Waals surface area contributed by atoms with E-state index in [0.717, 1.165) is 12.0 Å².